The van der Waals surface area contributed by atoms with Crippen molar-refractivity contribution in [2.24, 2.45) is 10.9 Å². The summed E-state index contributed by atoms with van der Waals surface area (Å²) in [5, 5.41) is 15.9. The molecule has 0 saturated carbocycles. The maximum atomic E-state index is 13.3. The van der Waals surface area contributed by atoms with Gasteiger partial charge in [0, 0.05) is 37.1 Å². The zero-order chi connectivity index (χ0) is 27.1. The summed E-state index contributed by atoms with van der Waals surface area (Å²) in [7, 11) is 3.81. The van der Waals surface area contributed by atoms with Crippen LogP contribution in [0.3, 0.4) is 0 Å². The number of fused-ring (bicyclic) bond motifs is 1. The highest BCUT2D eigenvalue weighted by Crippen LogP contribution is 2.23. The van der Waals surface area contributed by atoms with E-state index in [4.69, 9.17) is 11.6 Å². The molecule has 3 N–H and O–H groups in total. The number of pyridine rings is 1. The number of hydrogen-bond donors (Lipinski definition) is 3. The first kappa shape index (κ1) is 27.4. The van der Waals surface area contributed by atoms with Gasteiger partial charge in [0.25, 0.3) is 0 Å². The fraction of sp³-hybridized carbons (Fsp3) is 0.269. The number of aliphatic imine (C=N–C) groups is 1. The van der Waals surface area contributed by atoms with E-state index in [2.05, 4.69) is 20.6 Å². The predicted octanol–water partition coefficient (Wildman–Crippen LogP) is 4.01. The van der Waals surface area contributed by atoms with Crippen molar-refractivity contribution in [1.29, 1.82) is 0 Å². The summed E-state index contributed by atoms with van der Waals surface area (Å²) in [4.78, 5) is 48.4. The number of halogens is 1. The van der Waals surface area contributed by atoms with Crippen molar-refractivity contribution in [3.05, 3.63) is 65.2 Å². The van der Waals surface area contributed by atoms with Gasteiger partial charge in [0.1, 0.15) is 5.82 Å². The first-order valence-corrected chi connectivity index (χ1v) is 11.9. The van der Waals surface area contributed by atoms with Crippen LogP contribution >= 0.6 is 11.6 Å². The van der Waals surface area contributed by atoms with Gasteiger partial charge >= 0.3 is 12.0 Å². The Morgan fingerprint density at radius 2 is 1.81 bits per heavy atom. The van der Waals surface area contributed by atoms with Crippen LogP contribution in [0, 0.1) is 5.92 Å². The number of urea groups is 1. The van der Waals surface area contributed by atoms with E-state index in [1.165, 1.54) is 11.8 Å². The summed E-state index contributed by atoms with van der Waals surface area (Å²) in [6.07, 6.45) is 0.401. The van der Waals surface area contributed by atoms with Crippen molar-refractivity contribution in [2.45, 2.75) is 26.4 Å². The monoisotopic (exact) mass is 524 g/mol. The van der Waals surface area contributed by atoms with Gasteiger partial charge in [-0.05, 0) is 61.9 Å². The normalized spacial score (nSPS) is 12.9. The third-order valence-corrected chi connectivity index (χ3v) is 6.16. The number of hydrogen-bond acceptors (Lipinski definition) is 6. The molecule has 0 fully saturated rings. The molecule has 0 aliphatic carbocycles. The Kier molecular flexibility index (Phi) is 9.02. The highest BCUT2D eigenvalue weighted by molar-refractivity contribution is 6.30. The van der Waals surface area contributed by atoms with Crippen molar-refractivity contribution >= 4 is 58.4 Å². The summed E-state index contributed by atoms with van der Waals surface area (Å²) in [5.74, 6) is -1.18. The van der Waals surface area contributed by atoms with Gasteiger partial charge < -0.3 is 14.9 Å². The number of carboxylic acids is 1. The van der Waals surface area contributed by atoms with Crippen LogP contribution in [-0.2, 0) is 16.1 Å². The second kappa shape index (κ2) is 12.2. The fourth-order valence-corrected chi connectivity index (χ4v) is 3.66. The third-order valence-electron chi connectivity index (χ3n) is 5.91. The molecule has 194 valence electrons. The van der Waals surface area contributed by atoms with Crippen LogP contribution < -0.4 is 15.5 Å². The molecule has 0 spiro atoms. The minimum Gasteiger partial charge on any atom is -0.481 e. The number of anilines is 1. The number of nitrogens with one attached hydrogen (secondary N) is 2. The predicted molar refractivity (Wildman–Crippen MR) is 144 cm³/mol. The SMILES string of the molecule is CC([C@@H](C)C(=O)O)N(Cc1ccc(Cl)cc1)C(=O)NC(=Nc1ccc2nc(N(C)C)ccc2c1)NC=O. The topological polar surface area (TPSA) is 127 Å². The Balaban J connectivity index is 1.89. The number of amides is 3. The van der Waals surface area contributed by atoms with Gasteiger partial charge in [0.15, 0.2) is 0 Å². The van der Waals surface area contributed by atoms with E-state index in [-0.39, 0.29) is 12.5 Å². The molecule has 0 bridgehead atoms. The van der Waals surface area contributed by atoms with Crippen LogP contribution in [0.5, 0.6) is 0 Å². The smallest absolute Gasteiger partial charge is 0.324 e. The maximum Gasteiger partial charge on any atom is 0.324 e. The van der Waals surface area contributed by atoms with E-state index in [1.807, 2.05) is 31.1 Å². The first-order chi connectivity index (χ1) is 17.6. The van der Waals surface area contributed by atoms with E-state index in [9.17, 15) is 19.5 Å². The zero-order valence-corrected chi connectivity index (χ0v) is 21.7. The van der Waals surface area contributed by atoms with E-state index in [0.29, 0.717) is 17.1 Å². The number of rotatable bonds is 8. The van der Waals surface area contributed by atoms with Crippen molar-refractivity contribution in [2.75, 3.05) is 19.0 Å². The molecule has 1 heterocycles. The molecular formula is C26H29ClN6O4. The van der Waals surface area contributed by atoms with Crippen molar-refractivity contribution in [3.63, 3.8) is 0 Å². The van der Waals surface area contributed by atoms with Crippen molar-refractivity contribution < 1.29 is 19.5 Å². The number of carbonyl (C=O) groups excluding carboxylic acids is 2. The lowest BCUT2D eigenvalue weighted by atomic mass is 10.0. The number of carboxylic acid groups (broad SMARTS) is 1. The summed E-state index contributed by atoms with van der Waals surface area (Å²) in [5.41, 5.74) is 2.00. The molecule has 10 nitrogen and oxygen atoms in total. The average Bonchev–Trinajstić information content (AvgIpc) is 2.87. The van der Waals surface area contributed by atoms with E-state index < -0.39 is 24.0 Å². The molecule has 2 atom stereocenters. The molecule has 0 aliphatic rings. The second-order valence-corrected chi connectivity index (χ2v) is 9.15. The minimum absolute atomic E-state index is 0.103. The number of aromatic nitrogens is 1. The lowest BCUT2D eigenvalue weighted by Gasteiger charge is -2.32. The van der Waals surface area contributed by atoms with Crippen LogP contribution in [-0.4, -0.2) is 59.5 Å². The molecule has 11 heteroatoms. The summed E-state index contributed by atoms with van der Waals surface area (Å²) >= 11 is 5.97. The minimum atomic E-state index is -1.04. The lowest BCUT2D eigenvalue weighted by molar-refractivity contribution is -0.142. The van der Waals surface area contributed by atoms with Gasteiger partial charge in [-0.15, -0.1) is 0 Å². The Morgan fingerprint density at radius 1 is 1.11 bits per heavy atom. The van der Waals surface area contributed by atoms with Gasteiger partial charge in [0.2, 0.25) is 12.4 Å². The number of guanidine groups is 1. The van der Waals surface area contributed by atoms with Crippen molar-refractivity contribution in [1.82, 2.24) is 20.5 Å². The molecule has 2 aromatic carbocycles. The molecule has 3 rings (SSSR count). The summed E-state index contributed by atoms with van der Waals surface area (Å²) in [6, 6.07) is 14.7. The molecule has 0 saturated heterocycles. The van der Waals surface area contributed by atoms with E-state index in [1.54, 1.807) is 49.4 Å². The number of aliphatic carboxylic acids is 1. The van der Waals surface area contributed by atoms with Crippen molar-refractivity contribution in [3.8, 4) is 0 Å². The number of nitrogens with zero attached hydrogens (tertiary/aromatic N) is 4. The molecule has 1 aromatic heterocycles. The standard InChI is InChI=1S/C26H29ClN6O4/c1-16(24(35)36)17(2)33(14-18-5-8-20(27)9-6-18)26(37)31-25(28-15-34)29-21-10-11-22-19(13-21)7-12-23(30-22)32(3)4/h5-13,15-17H,14H2,1-4H3,(H,35,36)(H2,28,29,31,34,37)/t16-,17?/m1/s1. The molecule has 37 heavy (non-hydrogen) atoms. The van der Waals surface area contributed by atoms with Crippen LogP contribution in [0.25, 0.3) is 10.9 Å². The Bertz CT molecular complexity index is 1310. The highest BCUT2D eigenvalue weighted by Gasteiger charge is 2.29. The molecule has 1 unspecified atom stereocenters. The number of benzene rings is 2. The Morgan fingerprint density at radius 3 is 2.43 bits per heavy atom. The number of carbonyl (C=O) groups is 3. The molecule has 0 radical (unpaired) electrons. The van der Waals surface area contributed by atoms with Gasteiger partial charge in [-0.2, -0.15) is 0 Å². The molecule has 0 aliphatic heterocycles. The van der Waals surface area contributed by atoms with Gasteiger partial charge in [-0.25, -0.2) is 14.8 Å². The van der Waals surface area contributed by atoms with E-state index >= 15 is 0 Å². The van der Waals surface area contributed by atoms with Gasteiger partial charge in [-0.3, -0.25) is 20.2 Å². The van der Waals surface area contributed by atoms with Gasteiger partial charge in [0.05, 0.1) is 17.1 Å². The molecule has 3 aromatic rings. The largest absolute Gasteiger partial charge is 0.481 e. The van der Waals surface area contributed by atoms with Crippen LogP contribution in [0.15, 0.2) is 59.6 Å². The summed E-state index contributed by atoms with van der Waals surface area (Å²) in [6.45, 7) is 3.29. The fourth-order valence-electron chi connectivity index (χ4n) is 3.54. The lowest BCUT2D eigenvalue weighted by Crippen LogP contribution is -2.52. The highest BCUT2D eigenvalue weighted by atomic mass is 35.5. The maximum absolute atomic E-state index is 13.3. The van der Waals surface area contributed by atoms with Gasteiger partial charge in [-0.1, -0.05) is 23.7 Å². The Hall–Kier alpha value is -4.18. The van der Waals surface area contributed by atoms with Crippen LogP contribution in [0.2, 0.25) is 5.02 Å². The van der Waals surface area contributed by atoms with Crippen LogP contribution in [0.1, 0.15) is 19.4 Å². The third kappa shape index (κ3) is 7.17. The molecular weight excluding hydrogens is 496 g/mol. The quantitative estimate of drug-likeness (QED) is 0.232. The Labute approximate surface area is 220 Å². The zero-order valence-electron chi connectivity index (χ0n) is 21.0. The second-order valence-electron chi connectivity index (χ2n) is 8.72. The average molecular weight is 525 g/mol. The van der Waals surface area contributed by atoms with Crippen LogP contribution in [0.4, 0.5) is 16.3 Å². The van der Waals surface area contributed by atoms with E-state index in [0.717, 1.165) is 22.3 Å². The summed E-state index contributed by atoms with van der Waals surface area (Å²) < 4.78 is 0. The first-order valence-electron chi connectivity index (χ1n) is 11.5. The molecule has 3 amide bonds.